The second-order valence-corrected chi connectivity index (χ2v) is 8.33. The molecule has 1 amide bonds. The molecule has 2 aliphatic carbocycles. The summed E-state index contributed by atoms with van der Waals surface area (Å²) in [6, 6.07) is 8.20. The number of thiazole rings is 1. The number of aromatic amines is 1. The van der Waals surface area contributed by atoms with E-state index in [1.165, 1.54) is 37.0 Å². The van der Waals surface area contributed by atoms with Crippen molar-refractivity contribution in [2.24, 2.45) is 17.8 Å². The second kappa shape index (κ2) is 5.99. The van der Waals surface area contributed by atoms with Crippen LogP contribution in [0, 0.1) is 17.8 Å². The topological polar surface area (TPSA) is 57.8 Å². The highest BCUT2D eigenvalue weighted by molar-refractivity contribution is 7.14. The number of hydrogen-bond acceptors (Lipinski definition) is 3. The van der Waals surface area contributed by atoms with Crippen molar-refractivity contribution in [3.63, 3.8) is 0 Å². The number of nitrogens with one attached hydrogen (secondary N) is 2. The molecule has 128 valence electrons. The Morgan fingerprint density at radius 2 is 2.20 bits per heavy atom. The molecule has 5 heteroatoms. The Labute approximate surface area is 150 Å². The number of anilines is 1. The standard InChI is InChI=1S/C20H21N3OS/c24-19(9-14-8-12-5-6-13(14)7-12)23-20-22-18(11-25-20)16-10-21-17-4-2-1-3-15(16)17/h1-4,10-14,21H,5-9H2,(H,22,23,24)/t12-,13+,14-/m1/s1. The molecule has 4 nitrogen and oxygen atoms in total. The molecule has 2 aliphatic rings. The predicted molar refractivity (Wildman–Crippen MR) is 102 cm³/mol. The molecule has 2 N–H and O–H groups in total. The molecule has 0 unspecified atom stereocenters. The number of carbonyl (C=O) groups excluding carboxylic acids is 1. The summed E-state index contributed by atoms with van der Waals surface area (Å²) in [7, 11) is 0. The molecule has 3 atom stereocenters. The zero-order chi connectivity index (χ0) is 16.8. The number of aromatic nitrogens is 2. The van der Waals surface area contributed by atoms with Gasteiger partial charge in [0.2, 0.25) is 5.91 Å². The first-order valence-corrected chi connectivity index (χ1v) is 9.96. The minimum Gasteiger partial charge on any atom is -0.360 e. The molecule has 0 saturated heterocycles. The van der Waals surface area contributed by atoms with Crippen LogP contribution in [0.5, 0.6) is 0 Å². The average molecular weight is 351 g/mol. The third-order valence-electron chi connectivity index (χ3n) is 5.95. The minimum atomic E-state index is 0.123. The quantitative estimate of drug-likeness (QED) is 0.690. The molecule has 3 aromatic rings. The molecule has 25 heavy (non-hydrogen) atoms. The average Bonchev–Trinajstić information content (AvgIpc) is 3.38. The number of rotatable bonds is 4. The zero-order valence-corrected chi connectivity index (χ0v) is 14.8. The van der Waals surface area contributed by atoms with E-state index in [0.717, 1.165) is 34.0 Å². The van der Waals surface area contributed by atoms with Gasteiger partial charge in [0.05, 0.1) is 5.69 Å². The van der Waals surface area contributed by atoms with E-state index >= 15 is 0 Å². The highest BCUT2D eigenvalue weighted by Gasteiger charge is 2.40. The van der Waals surface area contributed by atoms with Gasteiger partial charge in [-0.3, -0.25) is 4.79 Å². The maximum atomic E-state index is 12.4. The molecular formula is C20H21N3OS. The number of hydrogen-bond donors (Lipinski definition) is 2. The maximum absolute atomic E-state index is 12.4. The van der Waals surface area contributed by atoms with Crippen molar-refractivity contribution < 1.29 is 4.79 Å². The van der Waals surface area contributed by atoms with Gasteiger partial charge >= 0.3 is 0 Å². The number of para-hydroxylation sites is 1. The fraction of sp³-hybridized carbons (Fsp3) is 0.400. The van der Waals surface area contributed by atoms with Gasteiger partial charge in [0.25, 0.3) is 0 Å². The number of fused-ring (bicyclic) bond motifs is 3. The molecule has 0 radical (unpaired) electrons. The Balaban J connectivity index is 1.29. The van der Waals surface area contributed by atoms with Crippen molar-refractivity contribution in [3.8, 4) is 11.3 Å². The summed E-state index contributed by atoms with van der Waals surface area (Å²) in [5.74, 6) is 2.38. The Kier molecular flexibility index (Phi) is 3.63. The number of amides is 1. The first-order chi connectivity index (χ1) is 12.3. The summed E-state index contributed by atoms with van der Waals surface area (Å²) < 4.78 is 0. The Morgan fingerprint density at radius 1 is 1.28 bits per heavy atom. The van der Waals surface area contributed by atoms with Gasteiger partial charge in [-0.25, -0.2) is 4.98 Å². The third kappa shape index (κ3) is 2.76. The third-order valence-corrected chi connectivity index (χ3v) is 6.71. The number of benzene rings is 1. The smallest absolute Gasteiger partial charge is 0.226 e. The van der Waals surface area contributed by atoms with Crippen LogP contribution in [0.4, 0.5) is 5.13 Å². The lowest BCUT2D eigenvalue weighted by atomic mass is 9.86. The summed E-state index contributed by atoms with van der Waals surface area (Å²) in [4.78, 5) is 20.3. The molecule has 0 aliphatic heterocycles. The van der Waals surface area contributed by atoms with Crippen LogP contribution in [0.25, 0.3) is 22.2 Å². The lowest BCUT2D eigenvalue weighted by molar-refractivity contribution is -0.117. The van der Waals surface area contributed by atoms with Gasteiger partial charge in [-0.15, -0.1) is 11.3 Å². The van der Waals surface area contributed by atoms with E-state index in [4.69, 9.17) is 0 Å². The lowest BCUT2D eigenvalue weighted by Crippen LogP contribution is -2.20. The molecule has 2 fully saturated rings. The largest absolute Gasteiger partial charge is 0.360 e. The monoisotopic (exact) mass is 351 g/mol. The summed E-state index contributed by atoms with van der Waals surface area (Å²) in [6.45, 7) is 0. The van der Waals surface area contributed by atoms with E-state index < -0.39 is 0 Å². The number of carbonyl (C=O) groups is 1. The van der Waals surface area contributed by atoms with E-state index in [0.29, 0.717) is 17.5 Å². The van der Waals surface area contributed by atoms with Crippen LogP contribution in [0.15, 0.2) is 35.8 Å². The molecule has 5 rings (SSSR count). The van der Waals surface area contributed by atoms with Gasteiger partial charge in [-0.1, -0.05) is 24.6 Å². The number of nitrogens with zero attached hydrogens (tertiary/aromatic N) is 1. The molecule has 2 bridgehead atoms. The Morgan fingerprint density at radius 3 is 3.04 bits per heavy atom. The van der Waals surface area contributed by atoms with Gasteiger partial charge in [0, 0.05) is 34.5 Å². The van der Waals surface area contributed by atoms with Crippen molar-refractivity contribution >= 4 is 33.3 Å². The molecule has 2 heterocycles. The van der Waals surface area contributed by atoms with E-state index in [1.807, 2.05) is 23.7 Å². The van der Waals surface area contributed by atoms with Crippen LogP contribution in [0.1, 0.15) is 32.1 Å². The summed E-state index contributed by atoms with van der Waals surface area (Å²) in [5.41, 5.74) is 3.10. The van der Waals surface area contributed by atoms with Crippen molar-refractivity contribution in [1.29, 1.82) is 0 Å². The normalized spacial score (nSPS) is 24.9. The maximum Gasteiger partial charge on any atom is 0.226 e. The minimum absolute atomic E-state index is 0.123. The van der Waals surface area contributed by atoms with Crippen molar-refractivity contribution in [3.05, 3.63) is 35.8 Å². The van der Waals surface area contributed by atoms with Gasteiger partial charge in [-0.2, -0.15) is 0 Å². The summed E-state index contributed by atoms with van der Waals surface area (Å²) in [6.07, 6.45) is 7.94. The molecule has 0 spiro atoms. The van der Waals surface area contributed by atoms with Gasteiger partial charge in [0.15, 0.2) is 5.13 Å². The first kappa shape index (κ1) is 15.1. The predicted octanol–water partition coefficient (Wildman–Crippen LogP) is 5.06. The fourth-order valence-corrected chi connectivity index (χ4v) is 5.50. The summed E-state index contributed by atoms with van der Waals surface area (Å²) >= 11 is 1.50. The highest BCUT2D eigenvalue weighted by Crippen LogP contribution is 2.49. The van der Waals surface area contributed by atoms with Crippen LogP contribution >= 0.6 is 11.3 Å². The second-order valence-electron chi connectivity index (χ2n) is 7.47. The van der Waals surface area contributed by atoms with Crippen LogP contribution in [-0.4, -0.2) is 15.9 Å². The van der Waals surface area contributed by atoms with Crippen LogP contribution in [0.2, 0.25) is 0 Å². The van der Waals surface area contributed by atoms with Gasteiger partial charge < -0.3 is 10.3 Å². The molecular weight excluding hydrogens is 330 g/mol. The zero-order valence-electron chi connectivity index (χ0n) is 14.0. The lowest BCUT2D eigenvalue weighted by Gasteiger charge is -2.20. The van der Waals surface area contributed by atoms with Crippen LogP contribution in [0.3, 0.4) is 0 Å². The van der Waals surface area contributed by atoms with Crippen molar-refractivity contribution in [2.45, 2.75) is 32.1 Å². The van der Waals surface area contributed by atoms with Crippen molar-refractivity contribution in [1.82, 2.24) is 9.97 Å². The van der Waals surface area contributed by atoms with Crippen molar-refractivity contribution in [2.75, 3.05) is 5.32 Å². The molecule has 2 aromatic heterocycles. The Hall–Kier alpha value is -2.14. The molecule has 2 saturated carbocycles. The van der Waals surface area contributed by atoms with Crippen LogP contribution < -0.4 is 5.32 Å². The summed E-state index contributed by atoms with van der Waals surface area (Å²) in [5, 5.41) is 6.90. The van der Waals surface area contributed by atoms with Crippen LogP contribution in [-0.2, 0) is 4.79 Å². The van der Waals surface area contributed by atoms with E-state index in [2.05, 4.69) is 27.4 Å². The fourth-order valence-electron chi connectivity index (χ4n) is 4.77. The molecule has 1 aromatic carbocycles. The Bertz CT molecular complexity index is 928. The van der Waals surface area contributed by atoms with E-state index in [9.17, 15) is 4.79 Å². The van der Waals surface area contributed by atoms with E-state index in [-0.39, 0.29) is 5.91 Å². The van der Waals surface area contributed by atoms with E-state index in [1.54, 1.807) is 0 Å². The first-order valence-electron chi connectivity index (χ1n) is 9.08. The van der Waals surface area contributed by atoms with Gasteiger partial charge in [0.1, 0.15) is 0 Å². The number of H-pyrrole nitrogens is 1. The van der Waals surface area contributed by atoms with Gasteiger partial charge in [-0.05, 0) is 43.1 Å². The SMILES string of the molecule is O=C(C[C@H]1C[C@@H]2CC[C@H]1C2)Nc1nc(-c2c[nH]c3ccccc23)cs1. The highest BCUT2D eigenvalue weighted by atomic mass is 32.1.